The van der Waals surface area contributed by atoms with Crippen LogP contribution in [-0.2, 0) is 5.60 Å². The van der Waals surface area contributed by atoms with E-state index in [9.17, 15) is 5.11 Å². The molecule has 0 radical (unpaired) electrons. The van der Waals surface area contributed by atoms with Crippen molar-refractivity contribution in [2.45, 2.75) is 12.5 Å². The fourth-order valence-electron chi connectivity index (χ4n) is 1.70. The van der Waals surface area contributed by atoms with Gasteiger partial charge in [0.15, 0.2) is 0 Å². The second kappa shape index (κ2) is 5.60. The minimum atomic E-state index is -1.18. The van der Waals surface area contributed by atoms with E-state index in [0.717, 1.165) is 16.9 Å². The maximum Gasteiger partial charge on any atom is 0.148 e. The molecule has 0 unspecified atom stereocenters. The zero-order chi connectivity index (χ0) is 13.7. The van der Waals surface area contributed by atoms with Gasteiger partial charge in [-0.05, 0) is 36.8 Å². The summed E-state index contributed by atoms with van der Waals surface area (Å²) in [5.74, 6) is 6.63. The van der Waals surface area contributed by atoms with E-state index in [1.807, 2.05) is 54.6 Å². The van der Waals surface area contributed by atoms with Gasteiger partial charge in [-0.1, -0.05) is 42.2 Å². The number of methoxy groups -OCH3 is 1. The molecule has 0 fully saturated rings. The Bertz CT molecular complexity index is 587. The van der Waals surface area contributed by atoms with Gasteiger partial charge in [-0.15, -0.1) is 0 Å². The number of rotatable bonds is 2. The Labute approximate surface area is 113 Å². The van der Waals surface area contributed by atoms with Crippen molar-refractivity contribution in [1.82, 2.24) is 0 Å². The van der Waals surface area contributed by atoms with Crippen LogP contribution in [0.3, 0.4) is 0 Å². The van der Waals surface area contributed by atoms with Gasteiger partial charge in [-0.3, -0.25) is 0 Å². The third-order valence-corrected chi connectivity index (χ3v) is 2.88. The Morgan fingerprint density at radius 3 is 2.21 bits per heavy atom. The van der Waals surface area contributed by atoms with Gasteiger partial charge in [0.2, 0.25) is 0 Å². The largest absolute Gasteiger partial charge is 0.497 e. The second-order valence-electron chi connectivity index (χ2n) is 4.42. The summed E-state index contributed by atoms with van der Waals surface area (Å²) in [6.07, 6.45) is 0. The molecule has 0 heterocycles. The molecule has 2 rings (SSSR count). The molecule has 0 spiro atoms. The molecule has 1 N–H and O–H groups in total. The number of benzene rings is 2. The van der Waals surface area contributed by atoms with Gasteiger partial charge in [0.05, 0.1) is 7.11 Å². The first-order chi connectivity index (χ1) is 9.12. The van der Waals surface area contributed by atoms with Crippen LogP contribution in [0.5, 0.6) is 5.75 Å². The van der Waals surface area contributed by atoms with Crippen molar-refractivity contribution in [2.24, 2.45) is 0 Å². The van der Waals surface area contributed by atoms with Crippen molar-refractivity contribution >= 4 is 0 Å². The molecule has 2 heteroatoms. The lowest BCUT2D eigenvalue weighted by Gasteiger charge is -2.17. The molecular weight excluding hydrogens is 236 g/mol. The quantitative estimate of drug-likeness (QED) is 0.833. The molecule has 0 saturated heterocycles. The normalized spacial score (nSPS) is 13.0. The summed E-state index contributed by atoms with van der Waals surface area (Å²) in [5, 5.41) is 10.4. The lowest BCUT2D eigenvalue weighted by atomic mass is 9.96. The summed E-state index contributed by atoms with van der Waals surface area (Å²) < 4.78 is 5.09. The van der Waals surface area contributed by atoms with Crippen LogP contribution in [0.1, 0.15) is 18.1 Å². The Hall–Kier alpha value is -2.24. The molecule has 0 aliphatic rings. The molecule has 0 aliphatic carbocycles. The van der Waals surface area contributed by atoms with Crippen molar-refractivity contribution in [2.75, 3.05) is 7.11 Å². The molecule has 0 saturated carbocycles. The Morgan fingerprint density at radius 2 is 1.63 bits per heavy atom. The predicted molar refractivity (Wildman–Crippen MR) is 75.9 cm³/mol. The van der Waals surface area contributed by atoms with Gasteiger partial charge in [0.1, 0.15) is 11.4 Å². The SMILES string of the molecule is COc1ccc([C@@](C)(O)C#Cc2ccccc2)cc1. The second-order valence-corrected chi connectivity index (χ2v) is 4.42. The fraction of sp³-hybridized carbons (Fsp3) is 0.176. The standard InChI is InChI=1S/C17H16O2/c1-17(18,13-12-14-6-4-3-5-7-14)15-8-10-16(19-2)11-9-15/h3-11,18H,1-2H3/t17-/m0/s1. The first-order valence-corrected chi connectivity index (χ1v) is 6.07. The van der Waals surface area contributed by atoms with Crippen molar-refractivity contribution in [1.29, 1.82) is 0 Å². The molecule has 2 nitrogen and oxygen atoms in total. The molecule has 0 aromatic heterocycles. The minimum absolute atomic E-state index is 0.747. The molecule has 0 bridgehead atoms. The van der Waals surface area contributed by atoms with Crippen LogP contribution in [0.4, 0.5) is 0 Å². The first-order valence-electron chi connectivity index (χ1n) is 6.07. The topological polar surface area (TPSA) is 29.5 Å². The molecule has 1 atom stereocenters. The van der Waals surface area contributed by atoms with Gasteiger partial charge < -0.3 is 9.84 Å². The highest BCUT2D eigenvalue weighted by Gasteiger charge is 2.19. The number of ether oxygens (including phenoxy) is 1. The zero-order valence-corrected chi connectivity index (χ0v) is 11.1. The third-order valence-electron chi connectivity index (χ3n) is 2.88. The van der Waals surface area contributed by atoms with E-state index < -0.39 is 5.60 Å². The molecule has 96 valence electrons. The molecule has 0 aliphatic heterocycles. The van der Waals surface area contributed by atoms with E-state index in [1.165, 1.54) is 0 Å². The van der Waals surface area contributed by atoms with Crippen molar-refractivity contribution in [3.8, 4) is 17.6 Å². The predicted octanol–water partition coefficient (Wildman–Crippen LogP) is 2.95. The maximum atomic E-state index is 10.4. The van der Waals surface area contributed by atoms with Gasteiger partial charge in [0.25, 0.3) is 0 Å². The van der Waals surface area contributed by atoms with Gasteiger partial charge >= 0.3 is 0 Å². The van der Waals surface area contributed by atoms with E-state index >= 15 is 0 Å². The van der Waals surface area contributed by atoms with E-state index in [4.69, 9.17) is 4.74 Å². The van der Waals surface area contributed by atoms with Crippen LogP contribution in [0, 0.1) is 11.8 Å². The molecule has 2 aromatic carbocycles. The summed E-state index contributed by atoms with van der Waals surface area (Å²) >= 11 is 0. The fourth-order valence-corrected chi connectivity index (χ4v) is 1.70. The van der Waals surface area contributed by atoms with E-state index in [2.05, 4.69) is 11.8 Å². The summed E-state index contributed by atoms with van der Waals surface area (Å²) in [6.45, 7) is 1.69. The van der Waals surface area contributed by atoms with E-state index in [0.29, 0.717) is 0 Å². The van der Waals surface area contributed by atoms with Crippen molar-refractivity contribution in [3.63, 3.8) is 0 Å². The van der Waals surface area contributed by atoms with Gasteiger partial charge in [-0.2, -0.15) is 0 Å². The summed E-state index contributed by atoms with van der Waals surface area (Å²) in [7, 11) is 1.61. The zero-order valence-electron chi connectivity index (χ0n) is 11.1. The minimum Gasteiger partial charge on any atom is -0.497 e. The lowest BCUT2D eigenvalue weighted by Crippen LogP contribution is -2.18. The first kappa shape index (κ1) is 13.2. The smallest absolute Gasteiger partial charge is 0.148 e. The summed E-state index contributed by atoms with van der Waals surface area (Å²) in [5.41, 5.74) is 0.454. The van der Waals surface area contributed by atoms with Gasteiger partial charge in [-0.25, -0.2) is 0 Å². The highest BCUT2D eigenvalue weighted by Crippen LogP contribution is 2.22. The summed E-state index contributed by atoms with van der Waals surface area (Å²) in [6, 6.07) is 16.9. The summed E-state index contributed by atoms with van der Waals surface area (Å²) in [4.78, 5) is 0. The number of aliphatic hydroxyl groups is 1. The molecule has 19 heavy (non-hydrogen) atoms. The van der Waals surface area contributed by atoms with Crippen LogP contribution >= 0.6 is 0 Å². The third kappa shape index (κ3) is 3.37. The maximum absolute atomic E-state index is 10.4. The molecule has 0 amide bonds. The number of hydrogen-bond donors (Lipinski definition) is 1. The highest BCUT2D eigenvalue weighted by atomic mass is 16.5. The Balaban J connectivity index is 2.24. The van der Waals surface area contributed by atoms with Crippen molar-refractivity contribution < 1.29 is 9.84 Å². The Morgan fingerprint density at radius 1 is 1.00 bits per heavy atom. The average Bonchev–Trinajstić information content (AvgIpc) is 2.46. The van der Waals surface area contributed by atoms with Crippen LogP contribution in [0.25, 0.3) is 0 Å². The monoisotopic (exact) mass is 252 g/mol. The van der Waals surface area contributed by atoms with Gasteiger partial charge in [0, 0.05) is 5.56 Å². The van der Waals surface area contributed by atoms with E-state index in [-0.39, 0.29) is 0 Å². The Kier molecular flexibility index (Phi) is 3.89. The van der Waals surface area contributed by atoms with Crippen LogP contribution in [-0.4, -0.2) is 12.2 Å². The average molecular weight is 252 g/mol. The molecular formula is C17H16O2. The van der Waals surface area contributed by atoms with Crippen molar-refractivity contribution in [3.05, 3.63) is 65.7 Å². The highest BCUT2D eigenvalue weighted by molar-refractivity contribution is 5.40. The van der Waals surface area contributed by atoms with Crippen LogP contribution in [0.2, 0.25) is 0 Å². The van der Waals surface area contributed by atoms with E-state index in [1.54, 1.807) is 14.0 Å². The number of hydrogen-bond acceptors (Lipinski definition) is 2. The van der Waals surface area contributed by atoms with Crippen LogP contribution in [0.15, 0.2) is 54.6 Å². The van der Waals surface area contributed by atoms with Crippen LogP contribution < -0.4 is 4.74 Å². The molecule has 2 aromatic rings. The lowest BCUT2D eigenvalue weighted by molar-refractivity contribution is 0.122.